The van der Waals surface area contributed by atoms with Crippen molar-refractivity contribution in [3.05, 3.63) is 36.2 Å². The first-order valence-corrected chi connectivity index (χ1v) is 7.29. The van der Waals surface area contributed by atoms with Crippen LogP contribution in [0.2, 0.25) is 0 Å². The van der Waals surface area contributed by atoms with Crippen LogP contribution >= 0.6 is 12.4 Å². The molecule has 1 atom stereocenters. The normalized spacial score (nSPS) is 17.6. The third-order valence-electron chi connectivity index (χ3n) is 3.79. The molecule has 1 saturated heterocycles. The number of carbonyl (C=O) groups is 1. The Kier molecular flexibility index (Phi) is 5.57. The number of aromatic nitrogens is 1. The number of anilines is 1. The highest BCUT2D eigenvalue weighted by Gasteiger charge is 2.20. The number of aryl methyl sites for hydroxylation is 1. The molecule has 22 heavy (non-hydrogen) atoms. The Hall–Kier alpha value is -1.85. The number of hydrogen-bond acceptors (Lipinski definition) is 4. The summed E-state index contributed by atoms with van der Waals surface area (Å²) < 4.78 is 5.34. The van der Waals surface area contributed by atoms with Crippen molar-refractivity contribution in [2.75, 3.05) is 11.9 Å². The van der Waals surface area contributed by atoms with Crippen LogP contribution in [-0.2, 0) is 4.79 Å². The van der Waals surface area contributed by atoms with Crippen molar-refractivity contribution >= 4 is 24.0 Å². The molecule has 3 rings (SSSR count). The van der Waals surface area contributed by atoms with Gasteiger partial charge in [-0.1, -0.05) is 12.5 Å². The molecule has 1 unspecified atom stereocenters. The maximum Gasteiger partial charge on any atom is 0.241 e. The smallest absolute Gasteiger partial charge is 0.241 e. The lowest BCUT2D eigenvalue weighted by molar-refractivity contribution is -0.118. The van der Waals surface area contributed by atoms with E-state index in [9.17, 15) is 4.79 Å². The molecule has 0 saturated carbocycles. The monoisotopic (exact) mass is 321 g/mol. The summed E-state index contributed by atoms with van der Waals surface area (Å²) in [6, 6.07) is 5.68. The van der Waals surface area contributed by atoms with Crippen LogP contribution in [0.5, 0.6) is 0 Å². The minimum atomic E-state index is -0.0924. The average Bonchev–Trinajstić information content (AvgIpc) is 3.04. The highest BCUT2D eigenvalue weighted by molar-refractivity contribution is 5.95. The van der Waals surface area contributed by atoms with E-state index in [1.165, 1.54) is 0 Å². The van der Waals surface area contributed by atoms with Crippen LogP contribution in [0.1, 0.15) is 24.8 Å². The van der Waals surface area contributed by atoms with Crippen LogP contribution in [0.25, 0.3) is 11.5 Å². The predicted octanol–water partition coefficient (Wildman–Crippen LogP) is 3.15. The summed E-state index contributed by atoms with van der Waals surface area (Å²) in [7, 11) is 0. The zero-order valence-electron chi connectivity index (χ0n) is 12.5. The minimum Gasteiger partial charge on any atom is -0.445 e. The molecule has 2 heterocycles. The summed E-state index contributed by atoms with van der Waals surface area (Å²) in [6.45, 7) is 2.90. The third kappa shape index (κ3) is 3.67. The summed E-state index contributed by atoms with van der Waals surface area (Å²) in [5.41, 5.74) is 2.73. The van der Waals surface area contributed by atoms with Gasteiger partial charge in [0.1, 0.15) is 6.26 Å². The topological polar surface area (TPSA) is 67.2 Å². The molecule has 1 aromatic heterocycles. The molecule has 5 nitrogen and oxygen atoms in total. The van der Waals surface area contributed by atoms with E-state index in [1.807, 2.05) is 25.1 Å². The van der Waals surface area contributed by atoms with Gasteiger partial charge in [-0.2, -0.15) is 0 Å². The van der Waals surface area contributed by atoms with Crippen molar-refractivity contribution in [2.45, 2.75) is 32.2 Å². The summed E-state index contributed by atoms with van der Waals surface area (Å²) in [6.07, 6.45) is 6.30. The van der Waals surface area contributed by atoms with E-state index >= 15 is 0 Å². The van der Waals surface area contributed by atoms with Gasteiger partial charge in [-0.3, -0.25) is 4.79 Å². The van der Waals surface area contributed by atoms with Gasteiger partial charge < -0.3 is 15.1 Å². The average molecular weight is 322 g/mol. The van der Waals surface area contributed by atoms with Gasteiger partial charge in [-0.15, -0.1) is 12.4 Å². The van der Waals surface area contributed by atoms with E-state index in [-0.39, 0.29) is 24.4 Å². The zero-order valence-corrected chi connectivity index (χ0v) is 13.3. The molecule has 0 spiro atoms. The summed E-state index contributed by atoms with van der Waals surface area (Å²) in [5, 5.41) is 6.22. The molecule has 1 fully saturated rings. The Morgan fingerprint density at radius 1 is 1.41 bits per heavy atom. The maximum absolute atomic E-state index is 12.2. The van der Waals surface area contributed by atoms with Crippen molar-refractivity contribution in [1.29, 1.82) is 0 Å². The molecule has 2 N–H and O–H groups in total. The van der Waals surface area contributed by atoms with Gasteiger partial charge in [0.05, 0.1) is 12.2 Å². The molecule has 1 aliphatic rings. The lowest BCUT2D eigenvalue weighted by atomic mass is 10.0. The van der Waals surface area contributed by atoms with E-state index in [0.717, 1.165) is 42.6 Å². The molecular formula is C16H20ClN3O2. The highest BCUT2D eigenvalue weighted by Crippen LogP contribution is 2.25. The first kappa shape index (κ1) is 16.5. The molecular weight excluding hydrogens is 302 g/mol. The van der Waals surface area contributed by atoms with Crippen molar-refractivity contribution in [3.8, 4) is 11.5 Å². The quantitative estimate of drug-likeness (QED) is 0.911. The Labute approximate surface area is 135 Å². The Bertz CT molecular complexity index is 622. The van der Waals surface area contributed by atoms with Crippen LogP contribution in [0.4, 0.5) is 5.69 Å². The fraction of sp³-hybridized carbons (Fsp3) is 0.375. The largest absolute Gasteiger partial charge is 0.445 e. The van der Waals surface area contributed by atoms with Crippen molar-refractivity contribution < 1.29 is 9.21 Å². The third-order valence-corrected chi connectivity index (χ3v) is 3.79. The van der Waals surface area contributed by atoms with Gasteiger partial charge in [0.2, 0.25) is 11.8 Å². The fourth-order valence-corrected chi connectivity index (χ4v) is 2.59. The van der Waals surface area contributed by atoms with Crippen LogP contribution in [0.15, 0.2) is 35.1 Å². The number of carbonyl (C=O) groups excluding carboxylic acids is 1. The first-order valence-electron chi connectivity index (χ1n) is 7.29. The van der Waals surface area contributed by atoms with Gasteiger partial charge in [0, 0.05) is 11.3 Å². The maximum atomic E-state index is 12.2. The minimum absolute atomic E-state index is 0. The number of halogens is 1. The summed E-state index contributed by atoms with van der Waals surface area (Å²) in [4.78, 5) is 16.4. The molecule has 118 valence electrons. The molecule has 1 amide bonds. The van der Waals surface area contributed by atoms with Gasteiger partial charge >= 0.3 is 0 Å². The number of oxazole rings is 1. The number of rotatable bonds is 3. The standard InChI is InChI=1S/C16H19N3O2.ClH/c1-11-5-6-12(10-13(11)16-18-8-9-21-16)19-15(20)14-4-2-3-7-17-14;/h5-6,8-10,14,17H,2-4,7H2,1H3,(H,19,20);1H. The number of amides is 1. The van der Waals surface area contributed by atoms with E-state index in [2.05, 4.69) is 15.6 Å². The second-order valence-electron chi connectivity index (χ2n) is 5.36. The molecule has 1 aliphatic heterocycles. The van der Waals surface area contributed by atoms with Gasteiger partial charge in [-0.25, -0.2) is 4.98 Å². The number of piperidine rings is 1. The number of nitrogens with one attached hydrogen (secondary N) is 2. The van der Waals surface area contributed by atoms with Gasteiger partial charge in [0.15, 0.2) is 0 Å². The lowest BCUT2D eigenvalue weighted by Crippen LogP contribution is -2.43. The van der Waals surface area contributed by atoms with Crippen LogP contribution in [-0.4, -0.2) is 23.5 Å². The Morgan fingerprint density at radius 3 is 2.95 bits per heavy atom. The second kappa shape index (κ2) is 7.42. The number of benzene rings is 1. The zero-order chi connectivity index (χ0) is 14.7. The number of nitrogens with zero attached hydrogens (tertiary/aromatic N) is 1. The predicted molar refractivity (Wildman–Crippen MR) is 88.2 cm³/mol. The van der Waals surface area contributed by atoms with Crippen molar-refractivity contribution in [1.82, 2.24) is 10.3 Å². The Balaban J connectivity index is 0.00000176. The molecule has 0 bridgehead atoms. The van der Waals surface area contributed by atoms with Gasteiger partial charge in [0.25, 0.3) is 0 Å². The molecule has 0 radical (unpaired) electrons. The SMILES string of the molecule is Cc1ccc(NC(=O)C2CCCCN2)cc1-c1ncco1.Cl. The molecule has 6 heteroatoms. The number of hydrogen-bond donors (Lipinski definition) is 2. The van der Waals surface area contributed by atoms with Crippen LogP contribution in [0.3, 0.4) is 0 Å². The summed E-state index contributed by atoms with van der Waals surface area (Å²) in [5.74, 6) is 0.594. The highest BCUT2D eigenvalue weighted by atomic mass is 35.5. The summed E-state index contributed by atoms with van der Waals surface area (Å²) >= 11 is 0. The van der Waals surface area contributed by atoms with E-state index in [0.29, 0.717) is 5.89 Å². The van der Waals surface area contributed by atoms with Crippen LogP contribution < -0.4 is 10.6 Å². The van der Waals surface area contributed by atoms with Crippen molar-refractivity contribution in [2.24, 2.45) is 0 Å². The second-order valence-corrected chi connectivity index (χ2v) is 5.36. The van der Waals surface area contributed by atoms with E-state index < -0.39 is 0 Å². The first-order chi connectivity index (χ1) is 10.2. The van der Waals surface area contributed by atoms with E-state index in [4.69, 9.17) is 4.42 Å². The molecule has 2 aromatic rings. The molecule has 0 aliphatic carbocycles. The fourth-order valence-electron chi connectivity index (χ4n) is 2.59. The molecule has 1 aromatic carbocycles. The lowest BCUT2D eigenvalue weighted by Gasteiger charge is -2.22. The van der Waals surface area contributed by atoms with E-state index in [1.54, 1.807) is 12.5 Å². The van der Waals surface area contributed by atoms with Gasteiger partial charge in [-0.05, 0) is 44.0 Å². The van der Waals surface area contributed by atoms with Crippen LogP contribution in [0, 0.1) is 6.92 Å². The van der Waals surface area contributed by atoms with Crippen molar-refractivity contribution in [3.63, 3.8) is 0 Å². The Morgan fingerprint density at radius 2 is 2.27 bits per heavy atom.